The van der Waals surface area contributed by atoms with Crippen molar-refractivity contribution < 1.29 is 8.42 Å². The highest BCUT2D eigenvalue weighted by atomic mass is 32.2. The lowest BCUT2D eigenvalue weighted by Gasteiger charge is -2.06. The van der Waals surface area contributed by atoms with E-state index in [1.807, 2.05) is 20.8 Å². The molecule has 9 heteroatoms. The molecule has 0 spiro atoms. The average molecular weight is 327 g/mol. The van der Waals surface area contributed by atoms with Crippen molar-refractivity contribution in [3.63, 3.8) is 0 Å². The van der Waals surface area contributed by atoms with E-state index in [1.165, 1.54) is 23.7 Å². The Bertz CT molecular complexity index is 698. The number of aryl methyl sites for hydroxylation is 1. The molecule has 0 aliphatic heterocycles. The topological polar surface area (TPSA) is 96.9 Å². The van der Waals surface area contributed by atoms with Gasteiger partial charge >= 0.3 is 0 Å². The Morgan fingerprint density at radius 1 is 1.33 bits per heavy atom. The van der Waals surface area contributed by atoms with Gasteiger partial charge in [-0.1, -0.05) is 13.8 Å². The summed E-state index contributed by atoms with van der Waals surface area (Å²) in [7, 11) is -3.68. The molecule has 2 aromatic heterocycles. The van der Waals surface area contributed by atoms with Crippen molar-refractivity contribution in [2.75, 3.05) is 4.72 Å². The van der Waals surface area contributed by atoms with Crippen molar-refractivity contribution in [2.24, 2.45) is 0 Å². The standard InChI is InChI=1S/C12H17N5O2S2/c1-8(2)14-7-10-9(3)6-11(20-10)21(18,19)17-12-13-4-5-15-16-12/h4-6,8,14H,7H2,1-3H3,(H,13,16,17). The van der Waals surface area contributed by atoms with Crippen molar-refractivity contribution in [1.29, 1.82) is 0 Å². The minimum absolute atomic E-state index is 0.0367. The molecule has 2 heterocycles. The molecule has 21 heavy (non-hydrogen) atoms. The van der Waals surface area contributed by atoms with E-state index in [9.17, 15) is 8.42 Å². The summed E-state index contributed by atoms with van der Waals surface area (Å²) < 4.78 is 27.1. The van der Waals surface area contributed by atoms with E-state index in [4.69, 9.17) is 0 Å². The van der Waals surface area contributed by atoms with Crippen molar-refractivity contribution >= 4 is 27.3 Å². The molecule has 0 amide bonds. The lowest BCUT2D eigenvalue weighted by molar-refractivity contribution is 0.592. The first-order chi connectivity index (χ1) is 9.88. The maximum atomic E-state index is 12.3. The number of sulfonamides is 1. The van der Waals surface area contributed by atoms with Crippen LogP contribution in [0, 0.1) is 6.92 Å². The van der Waals surface area contributed by atoms with Crippen molar-refractivity contribution in [3.8, 4) is 0 Å². The SMILES string of the molecule is Cc1cc(S(=O)(=O)Nc2nccnn2)sc1CNC(C)C. The van der Waals surface area contributed by atoms with Crippen LogP contribution in [-0.4, -0.2) is 29.6 Å². The summed E-state index contributed by atoms with van der Waals surface area (Å²) in [5, 5.41) is 10.5. The number of aromatic nitrogens is 3. The molecule has 2 rings (SSSR count). The molecule has 0 aliphatic carbocycles. The summed E-state index contributed by atoms with van der Waals surface area (Å²) in [4.78, 5) is 4.80. The molecule has 0 atom stereocenters. The molecule has 2 aromatic rings. The van der Waals surface area contributed by atoms with Crippen molar-refractivity contribution in [1.82, 2.24) is 20.5 Å². The van der Waals surface area contributed by atoms with Gasteiger partial charge in [0.2, 0.25) is 0 Å². The van der Waals surface area contributed by atoms with Crippen LogP contribution in [0.15, 0.2) is 22.7 Å². The van der Waals surface area contributed by atoms with Crippen LogP contribution in [0.1, 0.15) is 24.3 Å². The number of hydrogen-bond acceptors (Lipinski definition) is 7. The largest absolute Gasteiger partial charge is 0.310 e. The molecule has 0 bridgehead atoms. The van der Waals surface area contributed by atoms with Crippen LogP contribution < -0.4 is 10.0 Å². The zero-order chi connectivity index (χ0) is 15.5. The summed E-state index contributed by atoms with van der Waals surface area (Å²) in [6, 6.07) is 1.99. The Balaban J connectivity index is 2.19. The van der Waals surface area contributed by atoms with E-state index in [0.717, 1.165) is 10.4 Å². The van der Waals surface area contributed by atoms with Crippen LogP contribution >= 0.6 is 11.3 Å². The second kappa shape index (κ2) is 6.46. The normalized spacial score (nSPS) is 11.8. The zero-order valence-corrected chi connectivity index (χ0v) is 13.6. The fourth-order valence-corrected chi connectivity index (χ4v) is 4.04. The molecule has 114 valence electrons. The lowest BCUT2D eigenvalue weighted by Crippen LogP contribution is -2.21. The van der Waals surface area contributed by atoms with Gasteiger partial charge in [0.25, 0.3) is 16.0 Å². The molecule has 2 N–H and O–H groups in total. The first-order valence-corrected chi connectivity index (χ1v) is 8.67. The number of hydrogen-bond donors (Lipinski definition) is 2. The second-order valence-electron chi connectivity index (χ2n) is 4.78. The summed E-state index contributed by atoms with van der Waals surface area (Å²) in [6.07, 6.45) is 2.76. The van der Waals surface area contributed by atoms with E-state index in [-0.39, 0.29) is 10.2 Å². The number of nitrogens with one attached hydrogen (secondary N) is 2. The molecular weight excluding hydrogens is 310 g/mol. The quantitative estimate of drug-likeness (QED) is 0.835. The Morgan fingerprint density at radius 2 is 2.10 bits per heavy atom. The molecule has 0 saturated heterocycles. The molecule has 0 fully saturated rings. The zero-order valence-electron chi connectivity index (χ0n) is 12.0. The molecule has 7 nitrogen and oxygen atoms in total. The molecule has 0 saturated carbocycles. The molecule has 0 radical (unpaired) electrons. The highest BCUT2D eigenvalue weighted by Gasteiger charge is 2.20. The van der Waals surface area contributed by atoms with Crippen LogP contribution in [-0.2, 0) is 16.6 Å². The Morgan fingerprint density at radius 3 is 2.71 bits per heavy atom. The van der Waals surface area contributed by atoms with E-state index in [0.29, 0.717) is 12.6 Å². The van der Waals surface area contributed by atoms with Gasteiger partial charge < -0.3 is 5.32 Å². The van der Waals surface area contributed by atoms with Gasteiger partial charge in [-0.05, 0) is 18.6 Å². The van der Waals surface area contributed by atoms with Gasteiger partial charge in [-0.25, -0.2) is 18.1 Å². The smallest absolute Gasteiger partial charge is 0.273 e. The fourth-order valence-electron chi connectivity index (χ4n) is 1.56. The summed E-state index contributed by atoms with van der Waals surface area (Å²) in [5.41, 5.74) is 0.945. The third-order valence-electron chi connectivity index (χ3n) is 2.64. The highest BCUT2D eigenvalue weighted by Crippen LogP contribution is 2.27. The van der Waals surface area contributed by atoms with Crippen LogP contribution in [0.4, 0.5) is 5.95 Å². The summed E-state index contributed by atoms with van der Waals surface area (Å²) >= 11 is 1.24. The third kappa shape index (κ3) is 4.19. The molecule has 0 unspecified atom stereocenters. The van der Waals surface area contributed by atoms with E-state index < -0.39 is 10.0 Å². The van der Waals surface area contributed by atoms with Gasteiger partial charge in [0.1, 0.15) is 4.21 Å². The van der Waals surface area contributed by atoms with Crippen molar-refractivity contribution in [3.05, 3.63) is 28.9 Å². The first-order valence-electron chi connectivity index (χ1n) is 6.37. The van der Waals surface area contributed by atoms with Crippen LogP contribution in [0.3, 0.4) is 0 Å². The predicted molar refractivity (Wildman–Crippen MR) is 81.7 cm³/mol. The molecule has 0 aliphatic rings. The average Bonchev–Trinajstić information content (AvgIpc) is 2.79. The maximum Gasteiger partial charge on any atom is 0.273 e. The van der Waals surface area contributed by atoms with E-state index in [2.05, 4.69) is 25.2 Å². The summed E-state index contributed by atoms with van der Waals surface area (Å²) in [5.74, 6) is -0.0367. The van der Waals surface area contributed by atoms with Gasteiger partial charge in [0.05, 0.1) is 12.4 Å². The number of anilines is 1. The second-order valence-corrected chi connectivity index (χ2v) is 7.83. The van der Waals surface area contributed by atoms with E-state index in [1.54, 1.807) is 6.07 Å². The van der Waals surface area contributed by atoms with Crippen LogP contribution in [0.2, 0.25) is 0 Å². The number of rotatable bonds is 6. The summed E-state index contributed by atoms with van der Waals surface area (Å²) in [6.45, 7) is 6.63. The Kier molecular flexibility index (Phi) is 4.86. The van der Waals surface area contributed by atoms with Gasteiger partial charge in [-0.2, -0.15) is 5.10 Å². The van der Waals surface area contributed by atoms with Crippen LogP contribution in [0.25, 0.3) is 0 Å². The fraction of sp³-hybridized carbons (Fsp3) is 0.417. The number of thiophene rings is 1. The maximum absolute atomic E-state index is 12.3. The van der Waals surface area contributed by atoms with Crippen molar-refractivity contribution in [2.45, 2.75) is 37.6 Å². The Labute approximate surface area is 127 Å². The van der Waals surface area contributed by atoms with Gasteiger partial charge in [-0.15, -0.1) is 16.4 Å². The third-order valence-corrected chi connectivity index (χ3v) is 5.68. The van der Waals surface area contributed by atoms with Gasteiger partial charge in [0, 0.05) is 17.5 Å². The van der Waals surface area contributed by atoms with Gasteiger partial charge in [-0.3, -0.25) is 0 Å². The number of nitrogens with zero attached hydrogens (tertiary/aromatic N) is 3. The molecular formula is C12H17N5O2S2. The minimum Gasteiger partial charge on any atom is -0.310 e. The van der Waals surface area contributed by atoms with Gasteiger partial charge in [0.15, 0.2) is 0 Å². The highest BCUT2D eigenvalue weighted by molar-refractivity contribution is 7.94. The van der Waals surface area contributed by atoms with Crippen LogP contribution in [0.5, 0.6) is 0 Å². The minimum atomic E-state index is -3.68. The monoisotopic (exact) mass is 327 g/mol. The lowest BCUT2D eigenvalue weighted by atomic mass is 10.3. The van der Waals surface area contributed by atoms with E-state index >= 15 is 0 Å². The Hall–Kier alpha value is -1.58. The first kappa shape index (κ1) is 15.8. The molecule has 0 aromatic carbocycles. The predicted octanol–water partition coefficient (Wildman–Crippen LogP) is 1.54.